The topological polar surface area (TPSA) is 26.3 Å². The number of ether oxygens (including phenoxy) is 1. The molecule has 2 heteroatoms. The summed E-state index contributed by atoms with van der Waals surface area (Å²) < 4.78 is 5.22. The number of hydrogen-bond acceptors (Lipinski definition) is 2. The molecular formula is C15H28O2. The standard InChI is InChI=1S/C15H28O2/c1-5-6-7-8-9-10-11-12-14(4)17-15(16)13(2)3/h14H,2,5-12H2,1,3-4H3. The van der Waals surface area contributed by atoms with Crippen LogP contribution in [-0.4, -0.2) is 12.1 Å². The fourth-order valence-corrected chi connectivity index (χ4v) is 1.73. The Morgan fingerprint density at radius 3 is 2.18 bits per heavy atom. The Morgan fingerprint density at radius 2 is 1.65 bits per heavy atom. The van der Waals surface area contributed by atoms with Gasteiger partial charge in [-0.3, -0.25) is 0 Å². The number of rotatable bonds is 10. The lowest BCUT2D eigenvalue weighted by Crippen LogP contribution is -2.15. The van der Waals surface area contributed by atoms with Gasteiger partial charge in [0.05, 0.1) is 6.10 Å². The minimum Gasteiger partial charge on any atom is -0.459 e. The molecule has 2 nitrogen and oxygen atoms in total. The first-order valence-electron chi connectivity index (χ1n) is 6.94. The number of unbranched alkanes of at least 4 members (excludes halogenated alkanes) is 6. The monoisotopic (exact) mass is 240 g/mol. The van der Waals surface area contributed by atoms with Gasteiger partial charge in [0.25, 0.3) is 0 Å². The van der Waals surface area contributed by atoms with Crippen molar-refractivity contribution in [1.82, 2.24) is 0 Å². The fraction of sp³-hybridized carbons (Fsp3) is 0.800. The van der Waals surface area contributed by atoms with Gasteiger partial charge in [0.1, 0.15) is 0 Å². The van der Waals surface area contributed by atoms with Gasteiger partial charge in [0.2, 0.25) is 0 Å². The van der Waals surface area contributed by atoms with Gasteiger partial charge in [0, 0.05) is 5.57 Å². The van der Waals surface area contributed by atoms with Gasteiger partial charge >= 0.3 is 5.97 Å². The Bertz CT molecular complexity index is 221. The highest BCUT2D eigenvalue weighted by molar-refractivity contribution is 5.87. The summed E-state index contributed by atoms with van der Waals surface area (Å²) >= 11 is 0. The third-order valence-corrected chi connectivity index (χ3v) is 2.87. The zero-order chi connectivity index (χ0) is 13.1. The van der Waals surface area contributed by atoms with Crippen molar-refractivity contribution in [3.63, 3.8) is 0 Å². The number of carbonyl (C=O) groups excluding carboxylic acids is 1. The van der Waals surface area contributed by atoms with Crippen LogP contribution in [0.5, 0.6) is 0 Å². The highest BCUT2D eigenvalue weighted by Gasteiger charge is 2.09. The van der Waals surface area contributed by atoms with Crippen LogP contribution in [0.4, 0.5) is 0 Å². The van der Waals surface area contributed by atoms with Crippen LogP contribution in [0.15, 0.2) is 12.2 Å². The third-order valence-electron chi connectivity index (χ3n) is 2.87. The van der Waals surface area contributed by atoms with E-state index in [1.54, 1.807) is 6.92 Å². The lowest BCUT2D eigenvalue weighted by molar-refractivity contribution is -0.143. The van der Waals surface area contributed by atoms with E-state index in [0.29, 0.717) is 5.57 Å². The Morgan fingerprint density at radius 1 is 1.12 bits per heavy atom. The molecule has 0 rings (SSSR count). The number of esters is 1. The van der Waals surface area contributed by atoms with Crippen LogP contribution >= 0.6 is 0 Å². The molecule has 0 saturated heterocycles. The van der Waals surface area contributed by atoms with Crippen LogP contribution in [0.1, 0.15) is 72.1 Å². The summed E-state index contributed by atoms with van der Waals surface area (Å²) in [6.45, 7) is 9.45. The van der Waals surface area contributed by atoms with Crippen molar-refractivity contribution in [3.8, 4) is 0 Å². The Balaban J connectivity index is 3.36. The summed E-state index contributed by atoms with van der Waals surface area (Å²) in [6.07, 6.45) is 10.0. The van der Waals surface area contributed by atoms with Crippen LogP contribution in [-0.2, 0) is 9.53 Å². The zero-order valence-corrected chi connectivity index (χ0v) is 11.8. The van der Waals surface area contributed by atoms with Gasteiger partial charge in [-0.2, -0.15) is 0 Å². The summed E-state index contributed by atoms with van der Waals surface area (Å²) in [7, 11) is 0. The molecule has 0 N–H and O–H groups in total. The predicted molar refractivity (Wildman–Crippen MR) is 73.0 cm³/mol. The summed E-state index contributed by atoms with van der Waals surface area (Å²) in [5.74, 6) is -0.263. The molecule has 0 spiro atoms. The summed E-state index contributed by atoms with van der Waals surface area (Å²) in [6, 6.07) is 0. The van der Waals surface area contributed by atoms with Crippen molar-refractivity contribution in [2.75, 3.05) is 0 Å². The van der Waals surface area contributed by atoms with Crippen molar-refractivity contribution < 1.29 is 9.53 Å². The van der Waals surface area contributed by atoms with E-state index in [-0.39, 0.29) is 12.1 Å². The van der Waals surface area contributed by atoms with Crippen LogP contribution in [0.3, 0.4) is 0 Å². The maximum absolute atomic E-state index is 11.2. The third kappa shape index (κ3) is 10.1. The van der Waals surface area contributed by atoms with Gasteiger partial charge in [-0.05, 0) is 26.7 Å². The van der Waals surface area contributed by atoms with Crippen LogP contribution in [0, 0.1) is 0 Å². The Hall–Kier alpha value is -0.790. The summed E-state index contributed by atoms with van der Waals surface area (Å²) in [5, 5.41) is 0. The lowest BCUT2D eigenvalue weighted by atomic mass is 10.1. The van der Waals surface area contributed by atoms with Crippen molar-refractivity contribution in [3.05, 3.63) is 12.2 Å². The molecule has 1 atom stereocenters. The zero-order valence-electron chi connectivity index (χ0n) is 11.8. The smallest absolute Gasteiger partial charge is 0.333 e. The highest BCUT2D eigenvalue weighted by atomic mass is 16.5. The molecular weight excluding hydrogens is 212 g/mol. The van der Waals surface area contributed by atoms with Crippen molar-refractivity contribution in [1.29, 1.82) is 0 Å². The number of carbonyl (C=O) groups is 1. The molecule has 0 aliphatic rings. The molecule has 0 aromatic carbocycles. The quantitative estimate of drug-likeness (QED) is 0.316. The van der Waals surface area contributed by atoms with E-state index < -0.39 is 0 Å². The highest BCUT2D eigenvalue weighted by Crippen LogP contribution is 2.11. The molecule has 1 unspecified atom stereocenters. The minimum atomic E-state index is -0.263. The van der Waals surface area contributed by atoms with Crippen molar-refractivity contribution >= 4 is 5.97 Å². The second kappa shape index (κ2) is 10.4. The molecule has 0 aromatic rings. The molecule has 0 aliphatic carbocycles. The molecule has 0 aliphatic heterocycles. The minimum absolute atomic E-state index is 0.0230. The van der Waals surface area contributed by atoms with Gasteiger partial charge in [-0.15, -0.1) is 0 Å². The molecule has 0 heterocycles. The van der Waals surface area contributed by atoms with E-state index >= 15 is 0 Å². The van der Waals surface area contributed by atoms with Crippen molar-refractivity contribution in [2.45, 2.75) is 78.2 Å². The average molecular weight is 240 g/mol. The molecule has 100 valence electrons. The average Bonchev–Trinajstić information content (AvgIpc) is 2.27. The fourth-order valence-electron chi connectivity index (χ4n) is 1.73. The second-order valence-electron chi connectivity index (χ2n) is 4.91. The molecule has 0 saturated carbocycles. The molecule has 0 radical (unpaired) electrons. The molecule has 0 fully saturated rings. The van der Waals surface area contributed by atoms with E-state index in [0.717, 1.165) is 12.8 Å². The summed E-state index contributed by atoms with van der Waals surface area (Å²) in [5.41, 5.74) is 0.483. The van der Waals surface area contributed by atoms with Gasteiger partial charge in [-0.25, -0.2) is 4.79 Å². The van der Waals surface area contributed by atoms with E-state index in [4.69, 9.17) is 4.74 Å². The van der Waals surface area contributed by atoms with Crippen LogP contribution < -0.4 is 0 Å². The van der Waals surface area contributed by atoms with Crippen LogP contribution in [0.2, 0.25) is 0 Å². The van der Waals surface area contributed by atoms with E-state index in [1.165, 1.54) is 38.5 Å². The Labute approximate surface area is 106 Å². The summed E-state index contributed by atoms with van der Waals surface area (Å²) in [4.78, 5) is 11.2. The van der Waals surface area contributed by atoms with Crippen LogP contribution in [0.25, 0.3) is 0 Å². The SMILES string of the molecule is C=C(C)C(=O)OC(C)CCCCCCCCC. The first-order chi connectivity index (χ1) is 8.07. The molecule has 0 bridgehead atoms. The van der Waals surface area contributed by atoms with Gasteiger partial charge < -0.3 is 4.74 Å². The lowest BCUT2D eigenvalue weighted by Gasteiger charge is -2.12. The van der Waals surface area contributed by atoms with E-state index in [2.05, 4.69) is 13.5 Å². The molecule has 17 heavy (non-hydrogen) atoms. The maximum Gasteiger partial charge on any atom is 0.333 e. The first-order valence-corrected chi connectivity index (χ1v) is 6.94. The van der Waals surface area contributed by atoms with Crippen molar-refractivity contribution in [2.24, 2.45) is 0 Å². The normalized spacial score (nSPS) is 12.2. The maximum atomic E-state index is 11.2. The van der Waals surface area contributed by atoms with E-state index in [9.17, 15) is 4.79 Å². The van der Waals surface area contributed by atoms with Gasteiger partial charge in [-0.1, -0.05) is 52.0 Å². The Kier molecular flexibility index (Phi) is 9.89. The molecule has 0 aromatic heterocycles. The van der Waals surface area contributed by atoms with Gasteiger partial charge in [0.15, 0.2) is 0 Å². The first kappa shape index (κ1) is 16.2. The molecule has 0 amide bonds. The predicted octanol–water partition coefficient (Wildman–Crippen LogP) is 4.63. The number of hydrogen-bond donors (Lipinski definition) is 0. The van der Waals surface area contributed by atoms with E-state index in [1.807, 2.05) is 6.92 Å². The largest absolute Gasteiger partial charge is 0.459 e. The second-order valence-corrected chi connectivity index (χ2v) is 4.91.